The number of rotatable bonds is 2. The molecule has 0 atom stereocenters. The fraction of sp³-hybridized carbons (Fsp3) is 0. The Morgan fingerprint density at radius 3 is 2.00 bits per heavy atom. The topological polar surface area (TPSA) is 24.4 Å². The average Bonchev–Trinajstić information content (AvgIpc) is 2.49. The zero-order valence-corrected chi connectivity index (χ0v) is 10.5. The van der Waals surface area contributed by atoms with Crippen LogP contribution < -0.4 is 5.43 Å². The van der Waals surface area contributed by atoms with Gasteiger partial charge < -0.3 is 0 Å². The Morgan fingerprint density at radius 1 is 0.789 bits per heavy atom. The van der Waals surface area contributed by atoms with Crippen molar-refractivity contribution in [2.24, 2.45) is 5.10 Å². The molecule has 1 N–H and O–H groups in total. The third kappa shape index (κ3) is 2.33. The van der Waals surface area contributed by atoms with Crippen LogP contribution in [-0.4, -0.2) is 5.71 Å². The van der Waals surface area contributed by atoms with E-state index in [1.165, 1.54) is 0 Å². The van der Waals surface area contributed by atoms with Gasteiger partial charge in [-0.1, -0.05) is 67.2 Å². The van der Waals surface area contributed by atoms with E-state index in [2.05, 4.69) is 35.3 Å². The molecule has 3 rings (SSSR count). The van der Waals surface area contributed by atoms with Gasteiger partial charge in [-0.05, 0) is 11.6 Å². The Bertz CT molecular complexity index is 652. The van der Waals surface area contributed by atoms with Crippen molar-refractivity contribution >= 4 is 11.3 Å². The smallest absolute Gasteiger partial charge is 0.0912 e. The Balaban J connectivity index is 2.02. The van der Waals surface area contributed by atoms with Gasteiger partial charge in [-0.3, -0.25) is 5.43 Å². The molecule has 1 aliphatic rings. The van der Waals surface area contributed by atoms with E-state index in [-0.39, 0.29) is 0 Å². The van der Waals surface area contributed by atoms with Crippen molar-refractivity contribution in [2.45, 2.75) is 0 Å². The molecule has 0 fully saturated rings. The highest BCUT2D eigenvalue weighted by atomic mass is 15.3. The highest BCUT2D eigenvalue weighted by molar-refractivity contribution is 6.14. The summed E-state index contributed by atoms with van der Waals surface area (Å²) in [5, 5.41) is 4.35. The van der Waals surface area contributed by atoms with Crippen molar-refractivity contribution < 1.29 is 0 Å². The first-order valence-electron chi connectivity index (χ1n) is 6.20. The Hall–Kier alpha value is -2.61. The van der Waals surface area contributed by atoms with E-state index in [1.807, 2.05) is 48.5 Å². The molecule has 2 nitrogen and oxygen atoms in total. The molecule has 92 valence electrons. The van der Waals surface area contributed by atoms with Gasteiger partial charge in [0, 0.05) is 11.1 Å². The third-order valence-electron chi connectivity index (χ3n) is 3.07. The zero-order chi connectivity index (χ0) is 13.1. The van der Waals surface area contributed by atoms with E-state index >= 15 is 0 Å². The molecular weight excluding hydrogens is 232 g/mol. The fourth-order valence-electron chi connectivity index (χ4n) is 2.08. The Morgan fingerprint density at radius 2 is 1.37 bits per heavy atom. The standard InChI is InChI=1S/C17H14N2/c1-13-16(14-8-4-2-5-9-14)12-17(19-18-13)15-10-6-3-7-11-15/h2-12,18H,1H2. The van der Waals surface area contributed by atoms with Crippen LogP contribution in [0.4, 0.5) is 0 Å². The Kier molecular flexibility index (Phi) is 2.99. The van der Waals surface area contributed by atoms with Crippen molar-refractivity contribution in [3.63, 3.8) is 0 Å². The lowest BCUT2D eigenvalue weighted by Gasteiger charge is -2.17. The summed E-state index contributed by atoms with van der Waals surface area (Å²) in [6, 6.07) is 20.3. The molecule has 0 radical (unpaired) electrons. The predicted octanol–water partition coefficient (Wildman–Crippen LogP) is 3.59. The van der Waals surface area contributed by atoms with E-state index in [4.69, 9.17) is 0 Å². The highest BCUT2D eigenvalue weighted by Crippen LogP contribution is 2.23. The van der Waals surface area contributed by atoms with Crippen molar-refractivity contribution in [2.75, 3.05) is 0 Å². The third-order valence-corrected chi connectivity index (χ3v) is 3.07. The SMILES string of the molecule is C=C1NN=C(c2ccccc2)C=C1c1ccccc1. The molecule has 1 heterocycles. The summed E-state index contributed by atoms with van der Waals surface area (Å²) in [6.45, 7) is 4.01. The summed E-state index contributed by atoms with van der Waals surface area (Å²) < 4.78 is 0. The maximum Gasteiger partial charge on any atom is 0.0912 e. The van der Waals surface area contributed by atoms with E-state index < -0.39 is 0 Å². The normalized spacial score (nSPS) is 14.4. The summed E-state index contributed by atoms with van der Waals surface area (Å²) in [5.41, 5.74) is 8.07. The molecule has 2 aromatic carbocycles. The lowest BCUT2D eigenvalue weighted by Crippen LogP contribution is -2.16. The molecule has 0 spiro atoms. The molecule has 2 heteroatoms. The maximum atomic E-state index is 4.35. The second-order valence-corrected chi connectivity index (χ2v) is 4.38. The zero-order valence-electron chi connectivity index (χ0n) is 10.5. The summed E-state index contributed by atoms with van der Waals surface area (Å²) in [7, 11) is 0. The number of hydrogen-bond donors (Lipinski definition) is 1. The van der Waals surface area contributed by atoms with Crippen molar-refractivity contribution in [3.8, 4) is 0 Å². The molecule has 19 heavy (non-hydrogen) atoms. The van der Waals surface area contributed by atoms with Gasteiger partial charge in [0.25, 0.3) is 0 Å². The van der Waals surface area contributed by atoms with Crippen LogP contribution >= 0.6 is 0 Å². The highest BCUT2D eigenvalue weighted by Gasteiger charge is 2.13. The maximum absolute atomic E-state index is 4.35. The van der Waals surface area contributed by atoms with Crippen LogP contribution in [0.5, 0.6) is 0 Å². The van der Waals surface area contributed by atoms with Crippen LogP contribution in [0.1, 0.15) is 11.1 Å². The number of hydrazone groups is 1. The lowest BCUT2D eigenvalue weighted by atomic mass is 9.98. The summed E-state index contributed by atoms with van der Waals surface area (Å²) in [4.78, 5) is 0. The first-order chi connectivity index (χ1) is 9.34. The number of nitrogens with zero attached hydrogens (tertiary/aromatic N) is 1. The van der Waals surface area contributed by atoms with Gasteiger partial charge in [-0.2, -0.15) is 5.10 Å². The molecule has 0 aromatic heterocycles. The van der Waals surface area contributed by atoms with Crippen molar-refractivity contribution in [3.05, 3.63) is 90.1 Å². The molecule has 0 saturated heterocycles. The molecule has 1 aliphatic heterocycles. The first-order valence-corrected chi connectivity index (χ1v) is 6.20. The van der Waals surface area contributed by atoms with Gasteiger partial charge >= 0.3 is 0 Å². The van der Waals surface area contributed by atoms with Crippen LogP contribution in [0.3, 0.4) is 0 Å². The minimum Gasteiger partial charge on any atom is -0.278 e. The van der Waals surface area contributed by atoms with Crippen molar-refractivity contribution in [1.29, 1.82) is 0 Å². The number of benzene rings is 2. The number of hydrogen-bond acceptors (Lipinski definition) is 2. The monoisotopic (exact) mass is 246 g/mol. The van der Waals surface area contributed by atoms with Gasteiger partial charge in [0.05, 0.1) is 11.4 Å². The van der Waals surface area contributed by atoms with Crippen LogP contribution in [-0.2, 0) is 0 Å². The van der Waals surface area contributed by atoms with Crippen LogP contribution in [0, 0.1) is 0 Å². The minimum atomic E-state index is 0.825. The van der Waals surface area contributed by atoms with Gasteiger partial charge in [0.15, 0.2) is 0 Å². The predicted molar refractivity (Wildman–Crippen MR) is 79.7 cm³/mol. The van der Waals surface area contributed by atoms with Crippen LogP contribution in [0.25, 0.3) is 5.57 Å². The Labute approximate surface area is 112 Å². The van der Waals surface area contributed by atoms with E-state index in [9.17, 15) is 0 Å². The van der Waals surface area contributed by atoms with Crippen molar-refractivity contribution in [1.82, 2.24) is 5.43 Å². The van der Waals surface area contributed by atoms with Gasteiger partial charge in [-0.25, -0.2) is 0 Å². The summed E-state index contributed by atoms with van der Waals surface area (Å²) in [6.07, 6.45) is 2.07. The minimum absolute atomic E-state index is 0.825. The quantitative estimate of drug-likeness (QED) is 0.860. The largest absolute Gasteiger partial charge is 0.278 e. The number of nitrogens with one attached hydrogen (secondary N) is 1. The van der Waals surface area contributed by atoms with Crippen LogP contribution in [0.15, 0.2) is 84.1 Å². The molecule has 0 amide bonds. The van der Waals surface area contributed by atoms with Crippen LogP contribution in [0.2, 0.25) is 0 Å². The molecule has 0 saturated carbocycles. The van der Waals surface area contributed by atoms with Gasteiger partial charge in [0.1, 0.15) is 0 Å². The fourth-order valence-corrected chi connectivity index (χ4v) is 2.08. The second-order valence-electron chi connectivity index (χ2n) is 4.38. The van der Waals surface area contributed by atoms with Gasteiger partial charge in [-0.15, -0.1) is 0 Å². The second kappa shape index (κ2) is 4.94. The number of allylic oxidation sites excluding steroid dienone is 2. The van der Waals surface area contributed by atoms with Gasteiger partial charge in [0.2, 0.25) is 0 Å². The lowest BCUT2D eigenvalue weighted by molar-refractivity contribution is 0.921. The molecule has 0 unspecified atom stereocenters. The van der Waals surface area contributed by atoms with E-state index in [1.54, 1.807) is 0 Å². The molecule has 2 aromatic rings. The first kappa shape index (κ1) is 11.5. The molecular formula is C17H14N2. The molecule has 0 aliphatic carbocycles. The average molecular weight is 246 g/mol. The molecule has 0 bridgehead atoms. The van der Waals surface area contributed by atoms with E-state index in [0.717, 1.165) is 28.1 Å². The summed E-state index contributed by atoms with van der Waals surface area (Å²) in [5.74, 6) is 0. The van der Waals surface area contributed by atoms with E-state index in [0.29, 0.717) is 0 Å². The summed E-state index contributed by atoms with van der Waals surface area (Å²) >= 11 is 0.